The third-order valence-corrected chi connectivity index (χ3v) is 3.34. The number of aromatic nitrogens is 1. The van der Waals surface area contributed by atoms with Crippen LogP contribution in [0.4, 0.5) is 0 Å². The maximum atomic E-state index is 5.58. The van der Waals surface area contributed by atoms with Gasteiger partial charge < -0.3 is 4.84 Å². The molecule has 0 amide bonds. The Morgan fingerprint density at radius 3 is 3.14 bits per heavy atom. The number of rotatable bonds is 2. The monoisotopic (exact) mass is 211 g/mol. The Bertz CT molecular complexity index is 318. The number of aryl methyl sites for hydroxylation is 1. The van der Waals surface area contributed by atoms with Crippen molar-refractivity contribution in [2.45, 2.75) is 24.5 Å². The zero-order valence-electron chi connectivity index (χ0n) is 7.77. The standard InChI is InChI=1S/C9H13N3OS/c10-13-9-3-4-12-8-2-1-6(14-11)5-7(8)9/h3-4,6H,1-2,5,10-11H2. The molecule has 0 saturated heterocycles. The van der Waals surface area contributed by atoms with Gasteiger partial charge in [-0.15, -0.1) is 0 Å². The lowest BCUT2D eigenvalue weighted by Crippen LogP contribution is -2.20. The molecule has 14 heavy (non-hydrogen) atoms. The average Bonchev–Trinajstić information content (AvgIpc) is 2.27. The van der Waals surface area contributed by atoms with E-state index in [0.29, 0.717) is 5.25 Å². The predicted octanol–water partition coefficient (Wildman–Crippen LogP) is 0.798. The maximum absolute atomic E-state index is 5.58. The van der Waals surface area contributed by atoms with Crippen molar-refractivity contribution < 1.29 is 4.84 Å². The van der Waals surface area contributed by atoms with E-state index in [4.69, 9.17) is 15.9 Å². The van der Waals surface area contributed by atoms with Crippen molar-refractivity contribution in [2.75, 3.05) is 0 Å². The summed E-state index contributed by atoms with van der Waals surface area (Å²) in [6.07, 6.45) is 4.67. The molecule has 1 aliphatic carbocycles. The first-order chi connectivity index (χ1) is 6.85. The normalized spacial score (nSPS) is 20.3. The lowest BCUT2D eigenvalue weighted by atomic mass is 9.95. The molecule has 1 heterocycles. The molecule has 0 bridgehead atoms. The van der Waals surface area contributed by atoms with Crippen LogP contribution in [-0.4, -0.2) is 10.2 Å². The highest BCUT2D eigenvalue weighted by molar-refractivity contribution is 7.97. The molecule has 0 radical (unpaired) electrons. The summed E-state index contributed by atoms with van der Waals surface area (Å²) < 4.78 is 0. The molecule has 0 aliphatic heterocycles. The first-order valence-corrected chi connectivity index (χ1v) is 5.48. The molecule has 1 aliphatic rings. The van der Waals surface area contributed by atoms with Gasteiger partial charge in [0.05, 0.1) is 0 Å². The van der Waals surface area contributed by atoms with E-state index in [0.717, 1.165) is 36.3 Å². The van der Waals surface area contributed by atoms with Gasteiger partial charge in [0.1, 0.15) is 0 Å². The minimum Gasteiger partial charge on any atom is -0.411 e. The topological polar surface area (TPSA) is 74.2 Å². The van der Waals surface area contributed by atoms with E-state index in [1.165, 1.54) is 11.9 Å². The largest absolute Gasteiger partial charge is 0.411 e. The summed E-state index contributed by atoms with van der Waals surface area (Å²) in [6.45, 7) is 0. The van der Waals surface area contributed by atoms with E-state index in [2.05, 4.69) is 4.98 Å². The molecule has 5 heteroatoms. The molecule has 2 rings (SSSR count). The number of nitrogens with zero attached hydrogens (tertiary/aromatic N) is 1. The van der Waals surface area contributed by atoms with Crippen LogP contribution in [0.15, 0.2) is 12.3 Å². The quantitative estimate of drug-likeness (QED) is 0.559. The van der Waals surface area contributed by atoms with Crippen molar-refractivity contribution in [1.82, 2.24) is 4.98 Å². The number of pyridine rings is 1. The summed E-state index contributed by atoms with van der Waals surface area (Å²) in [5.41, 5.74) is 2.21. The van der Waals surface area contributed by atoms with E-state index in [9.17, 15) is 0 Å². The number of hydrogen-bond acceptors (Lipinski definition) is 5. The van der Waals surface area contributed by atoms with Gasteiger partial charge in [0.25, 0.3) is 0 Å². The van der Waals surface area contributed by atoms with Crippen molar-refractivity contribution in [1.29, 1.82) is 0 Å². The van der Waals surface area contributed by atoms with E-state index in [-0.39, 0.29) is 0 Å². The van der Waals surface area contributed by atoms with E-state index in [1.807, 2.05) is 0 Å². The molecule has 1 unspecified atom stereocenters. The van der Waals surface area contributed by atoms with Crippen LogP contribution in [0.1, 0.15) is 17.7 Å². The zero-order chi connectivity index (χ0) is 9.97. The Kier molecular flexibility index (Phi) is 2.90. The number of nitrogens with two attached hydrogens (primary N) is 2. The van der Waals surface area contributed by atoms with Crippen LogP contribution in [0.2, 0.25) is 0 Å². The van der Waals surface area contributed by atoms with Gasteiger partial charge in [-0.2, -0.15) is 5.90 Å². The van der Waals surface area contributed by atoms with Crippen LogP contribution in [0.25, 0.3) is 0 Å². The highest BCUT2D eigenvalue weighted by Crippen LogP contribution is 2.30. The van der Waals surface area contributed by atoms with Crippen LogP contribution in [-0.2, 0) is 12.8 Å². The average molecular weight is 211 g/mol. The Morgan fingerprint density at radius 2 is 2.43 bits per heavy atom. The molecule has 1 atom stereocenters. The van der Waals surface area contributed by atoms with E-state index >= 15 is 0 Å². The molecular weight excluding hydrogens is 198 g/mol. The third-order valence-electron chi connectivity index (χ3n) is 2.56. The fourth-order valence-electron chi connectivity index (χ4n) is 1.80. The summed E-state index contributed by atoms with van der Waals surface area (Å²) >= 11 is 1.40. The molecule has 0 aromatic carbocycles. The van der Waals surface area contributed by atoms with Crippen LogP contribution in [0, 0.1) is 0 Å². The highest BCUT2D eigenvalue weighted by atomic mass is 32.2. The van der Waals surface area contributed by atoms with Gasteiger partial charge in [-0.3, -0.25) is 10.1 Å². The molecular formula is C9H13N3OS. The summed E-state index contributed by atoms with van der Waals surface area (Å²) in [6, 6.07) is 1.79. The SMILES string of the molecule is NOc1ccnc2c1CC(SN)CC2. The molecule has 76 valence electrons. The summed E-state index contributed by atoms with van der Waals surface area (Å²) in [5, 5.41) is 6.03. The van der Waals surface area contributed by atoms with E-state index in [1.54, 1.807) is 12.3 Å². The molecule has 0 saturated carbocycles. The molecule has 4 N–H and O–H groups in total. The van der Waals surface area contributed by atoms with Crippen LogP contribution in [0.3, 0.4) is 0 Å². The number of hydrogen-bond donors (Lipinski definition) is 2. The van der Waals surface area contributed by atoms with Gasteiger partial charge in [-0.05, 0) is 19.3 Å². The summed E-state index contributed by atoms with van der Waals surface area (Å²) in [7, 11) is 0. The zero-order valence-corrected chi connectivity index (χ0v) is 8.59. The van der Waals surface area contributed by atoms with Gasteiger partial charge in [-0.1, -0.05) is 11.9 Å². The molecule has 1 aromatic rings. The second kappa shape index (κ2) is 4.16. The van der Waals surface area contributed by atoms with Crippen molar-refractivity contribution in [3.8, 4) is 5.75 Å². The Balaban J connectivity index is 2.33. The van der Waals surface area contributed by atoms with Crippen LogP contribution < -0.4 is 15.9 Å². The molecule has 0 spiro atoms. The number of fused-ring (bicyclic) bond motifs is 1. The lowest BCUT2D eigenvalue weighted by molar-refractivity contribution is 0.328. The van der Waals surface area contributed by atoms with Crippen LogP contribution in [0.5, 0.6) is 5.75 Å². The van der Waals surface area contributed by atoms with Crippen molar-refractivity contribution >= 4 is 11.9 Å². The van der Waals surface area contributed by atoms with Gasteiger partial charge in [-0.25, -0.2) is 0 Å². The third kappa shape index (κ3) is 1.70. The van der Waals surface area contributed by atoms with Gasteiger partial charge in [0, 0.05) is 28.8 Å². The van der Waals surface area contributed by atoms with Crippen molar-refractivity contribution in [3.63, 3.8) is 0 Å². The smallest absolute Gasteiger partial charge is 0.153 e. The van der Waals surface area contributed by atoms with Crippen molar-refractivity contribution in [2.24, 2.45) is 11.0 Å². The van der Waals surface area contributed by atoms with Gasteiger partial charge in [0.2, 0.25) is 0 Å². The van der Waals surface area contributed by atoms with Crippen LogP contribution >= 0.6 is 11.9 Å². The minimum absolute atomic E-state index is 0.459. The summed E-state index contributed by atoms with van der Waals surface area (Å²) in [5.74, 6) is 5.93. The first-order valence-electron chi connectivity index (χ1n) is 4.54. The second-order valence-electron chi connectivity index (χ2n) is 3.35. The predicted molar refractivity (Wildman–Crippen MR) is 56.6 cm³/mol. The Labute approximate surface area is 87.1 Å². The fourth-order valence-corrected chi connectivity index (χ4v) is 2.32. The van der Waals surface area contributed by atoms with Gasteiger partial charge >= 0.3 is 0 Å². The van der Waals surface area contributed by atoms with Gasteiger partial charge in [0.15, 0.2) is 5.75 Å². The molecule has 0 fully saturated rings. The maximum Gasteiger partial charge on any atom is 0.153 e. The molecule has 1 aromatic heterocycles. The Hall–Kier alpha value is -0.780. The Morgan fingerprint density at radius 1 is 1.57 bits per heavy atom. The molecule has 4 nitrogen and oxygen atoms in total. The minimum atomic E-state index is 0.459. The fraction of sp³-hybridized carbons (Fsp3) is 0.444. The lowest BCUT2D eigenvalue weighted by Gasteiger charge is -2.22. The van der Waals surface area contributed by atoms with Crippen molar-refractivity contribution in [3.05, 3.63) is 23.5 Å². The first kappa shape index (κ1) is 9.76. The summed E-state index contributed by atoms with van der Waals surface area (Å²) in [4.78, 5) is 9.13. The highest BCUT2D eigenvalue weighted by Gasteiger charge is 2.22. The van der Waals surface area contributed by atoms with E-state index < -0.39 is 0 Å². The second-order valence-corrected chi connectivity index (χ2v) is 4.29.